The summed E-state index contributed by atoms with van der Waals surface area (Å²) in [4.78, 5) is 22.1. The molecule has 1 aromatic carbocycles. The molecule has 3 N–H and O–H groups in total. The van der Waals surface area contributed by atoms with Crippen LogP contribution in [0.1, 0.15) is 18.9 Å². The predicted octanol–water partition coefficient (Wildman–Crippen LogP) is 0.609. The Hall–Kier alpha value is -1.84. The number of nitrogens with two attached hydrogens (primary N) is 1. The number of primary amides is 1. The van der Waals surface area contributed by atoms with Crippen molar-refractivity contribution in [3.8, 4) is 0 Å². The first-order valence-electron chi connectivity index (χ1n) is 5.22. The van der Waals surface area contributed by atoms with Crippen LogP contribution in [0.15, 0.2) is 30.3 Å². The molecular formula is C12H16N2O2. The molecule has 16 heavy (non-hydrogen) atoms. The van der Waals surface area contributed by atoms with Crippen LogP contribution in [0.2, 0.25) is 0 Å². The van der Waals surface area contributed by atoms with E-state index in [0.29, 0.717) is 12.8 Å². The number of carbonyl (C=O) groups is 2. The topological polar surface area (TPSA) is 72.2 Å². The third kappa shape index (κ3) is 4.13. The molecule has 1 rings (SSSR count). The molecular weight excluding hydrogens is 204 g/mol. The fraction of sp³-hybridized carbons (Fsp3) is 0.333. The lowest BCUT2D eigenvalue weighted by molar-refractivity contribution is -0.126. The smallest absolute Gasteiger partial charge is 0.239 e. The molecule has 0 bridgehead atoms. The van der Waals surface area contributed by atoms with Crippen LogP contribution in [0, 0.1) is 0 Å². The second kappa shape index (κ2) is 5.90. The fourth-order valence-corrected chi connectivity index (χ4v) is 1.29. The summed E-state index contributed by atoms with van der Waals surface area (Å²) < 4.78 is 0. The molecule has 0 aliphatic heterocycles. The Morgan fingerprint density at radius 3 is 2.50 bits per heavy atom. The summed E-state index contributed by atoms with van der Waals surface area (Å²) in [6, 6.07) is 9.11. The van der Waals surface area contributed by atoms with E-state index in [1.807, 2.05) is 30.3 Å². The molecule has 4 heteroatoms. The van der Waals surface area contributed by atoms with Crippen LogP contribution in [0.5, 0.6) is 0 Å². The third-order valence-corrected chi connectivity index (χ3v) is 2.29. The van der Waals surface area contributed by atoms with E-state index < -0.39 is 11.9 Å². The summed E-state index contributed by atoms with van der Waals surface area (Å²) in [6.45, 7) is 1.57. The lowest BCUT2D eigenvalue weighted by Crippen LogP contribution is -2.42. The SMILES string of the molecule is CC(NC(=O)CCc1ccccc1)C(N)=O. The van der Waals surface area contributed by atoms with Gasteiger partial charge in [-0.3, -0.25) is 9.59 Å². The number of benzene rings is 1. The van der Waals surface area contributed by atoms with E-state index in [9.17, 15) is 9.59 Å². The molecule has 4 nitrogen and oxygen atoms in total. The van der Waals surface area contributed by atoms with Gasteiger partial charge in [0, 0.05) is 6.42 Å². The van der Waals surface area contributed by atoms with E-state index in [-0.39, 0.29) is 5.91 Å². The van der Waals surface area contributed by atoms with Crippen LogP contribution in [0.4, 0.5) is 0 Å². The van der Waals surface area contributed by atoms with Gasteiger partial charge in [0.05, 0.1) is 0 Å². The molecule has 0 aliphatic carbocycles. The van der Waals surface area contributed by atoms with Crippen molar-refractivity contribution in [2.75, 3.05) is 0 Å². The zero-order valence-corrected chi connectivity index (χ0v) is 9.27. The predicted molar refractivity (Wildman–Crippen MR) is 61.6 cm³/mol. The van der Waals surface area contributed by atoms with E-state index in [0.717, 1.165) is 5.56 Å². The lowest BCUT2D eigenvalue weighted by Gasteiger charge is -2.09. The highest BCUT2D eigenvalue weighted by Crippen LogP contribution is 2.02. The summed E-state index contributed by atoms with van der Waals surface area (Å²) >= 11 is 0. The van der Waals surface area contributed by atoms with Gasteiger partial charge in [0.2, 0.25) is 11.8 Å². The van der Waals surface area contributed by atoms with Crippen molar-refractivity contribution in [2.24, 2.45) is 5.73 Å². The van der Waals surface area contributed by atoms with Gasteiger partial charge in [0.1, 0.15) is 6.04 Å². The van der Waals surface area contributed by atoms with Crippen LogP contribution in [0.25, 0.3) is 0 Å². The molecule has 0 fully saturated rings. The highest BCUT2D eigenvalue weighted by atomic mass is 16.2. The minimum Gasteiger partial charge on any atom is -0.368 e. The number of hydrogen-bond acceptors (Lipinski definition) is 2. The van der Waals surface area contributed by atoms with Gasteiger partial charge in [-0.05, 0) is 18.9 Å². The lowest BCUT2D eigenvalue weighted by atomic mass is 10.1. The molecule has 86 valence electrons. The minimum absolute atomic E-state index is 0.157. The molecule has 0 aliphatic rings. The first-order chi connectivity index (χ1) is 7.59. The first kappa shape index (κ1) is 12.2. The maximum absolute atomic E-state index is 11.4. The van der Waals surface area contributed by atoms with Crippen molar-refractivity contribution in [1.82, 2.24) is 5.32 Å². The molecule has 1 atom stereocenters. The van der Waals surface area contributed by atoms with Crippen LogP contribution in [0.3, 0.4) is 0 Å². The first-order valence-corrected chi connectivity index (χ1v) is 5.22. The summed E-state index contributed by atoms with van der Waals surface area (Å²) in [5, 5.41) is 2.54. The summed E-state index contributed by atoms with van der Waals surface area (Å²) in [5.74, 6) is -0.678. The fourth-order valence-electron chi connectivity index (χ4n) is 1.29. The van der Waals surface area contributed by atoms with Crippen molar-refractivity contribution in [1.29, 1.82) is 0 Å². The van der Waals surface area contributed by atoms with Crippen molar-refractivity contribution in [3.63, 3.8) is 0 Å². The molecule has 0 spiro atoms. The molecule has 1 aromatic rings. The van der Waals surface area contributed by atoms with Crippen LogP contribution >= 0.6 is 0 Å². The molecule has 0 radical (unpaired) electrons. The Balaban J connectivity index is 2.33. The normalized spacial score (nSPS) is 11.8. The van der Waals surface area contributed by atoms with Gasteiger partial charge >= 0.3 is 0 Å². The second-order valence-electron chi connectivity index (χ2n) is 3.68. The van der Waals surface area contributed by atoms with E-state index in [4.69, 9.17) is 5.73 Å². The van der Waals surface area contributed by atoms with E-state index in [2.05, 4.69) is 5.32 Å². The average Bonchev–Trinajstić information content (AvgIpc) is 2.27. The summed E-state index contributed by atoms with van der Waals surface area (Å²) in [5.41, 5.74) is 6.14. The molecule has 0 saturated heterocycles. The number of aryl methyl sites for hydroxylation is 1. The maximum Gasteiger partial charge on any atom is 0.239 e. The minimum atomic E-state index is -0.608. The Kier molecular flexibility index (Phi) is 4.51. The quantitative estimate of drug-likeness (QED) is 0.763. The van der Waals surface area contributed by atoms with Gasteiger partial charge in [-0.25, -0.2) is 0 Å². The second-order valence-corrected chi connectivity index (χ2v) is 3.68. The van der Waals surface area contributed by atoms with Crippen molar-refractivity contribution < 1.29 is 9.59 Å². The zero-order valence-electron chi connectivity index (χ0n) is 9.27. The summed E-state index contributed by atoms with van der Waals surface area (Å²) in [7, 11) is 0. The number of amides is 2. The number of rotatable bonds is 5. The Morgan fingerprint density at radius 1 is 1.31 bits per heavy atom. The zero-order chi connectivity index (χ0) is 12.0. The van der Waals surface area contributed by atoms with Crippen molar-refractivity contribution in [2.45, 2.75) is 25.8 Å². The van der Waals surface area contributed by atoms with Crippen LogP contribution < -0.4 is 11.1 Å². The standard InChI is InChI=1S/C12H16N2O2/c1-9(12(13)16)14-11(15)8-7-10-5-3-2-4-6-10/h2-6,9H,7-8H2,1H3,(H2,13,16)(H,14,15). The van der Waals surface area contributed by atoms with Gasteiger partial charge in [-0.1, -0.05) is 30.3 Å². The van der Waals surface area contributed by atoms with Gasteiger partial charge in [0.15, 0.2) is 0 Å². The Morgan fingerprint density at radius 2 is 1.94 bits per heavy atom. The van der Waals surface area contributed by atoms with Gasteiger partial charge in [-0.2, -0.15) is 0 Å². The number of hydrogen-bond donors (Lipinski definition) is 2. The average molecular weight is 220 g/mol. The molecule has 2 amide bonds. The molecule has 0 heterocycles. The number of carbonyl (C=O) groups excluding carboxylic acids is 2. The van der Waals surface area contributed by atoms with Gasteiger partial charge in [0.25, 0.3) is 0 Å². The monoisotopic (exact) mass is 220 g/mol. The van der Waals surface area contributed by atoms with Crippen LogP contribution in [-0.2, 0) is 16.0 Å². The highest BCUT2D eigenvalue weighted by Gasteiger charge is 2.11. The molecule has 0 saturated carbocycles. The van der Waals surface area contributed by atoms with Crippen LogP contribution in [-0.4, -0.2) is 17.9 Å². The molecule has 1 unspecified atom stereocenters. The van der Waals surface area contributed by atoms with Crippen molar-refractivity contribution >= 4 is 11.8 Å². The van der Waals surface area contributed by atoms with E-state index in [1.54, 1.807) is 6.92 Å². The van der Waals surface area contributed by atoms with Crippen molar-refractivity contribution in [3.05, 3.63) is 35.9 Å². The number of nitrogens with one attached hydrogen (secondary N) is 1. The van der Waals surface area contributed by atoms with E-state index in [1.165, 1.54) is 0 Å². The Bertz CT molecular complexity index is 363. The van der Waals surface area contributed by atoms with E-state index >= 15 is 0 Å². The maximum atomic E-state index is 11.4. The Labute approximate surface area is 94.8 Å². The third-order valence-electron chi connectivity index (χ3n) is 2.29. The summed E-state index contributed by atoms with van der Waals surface area (Å²) in [6.07, 6.45) is 1.03. The molecule has 0 aromatic heterocycles. The van der Waals surface area contributed by atoms with Gasteiger partial charge < -0.3 is 11.1 Å². The van der Waals surface area contributed by atoms with Gasteiger partial charge in [-0.15, -0.1) is 0 Å². The largest absolute Gasteiger partial charge is 0.368 e. The highest BCUT2D eigenvalue weighted by molar-refractivity contribution is 5.86.